The average molecular weight is 304 g/mol. The van der Waals surface area contributed by atoms with Gasteiger partial charge in [0.05, 0.1) is 4.90 Å². The lowest BCUT2D eigenvalue weighted by Crippen LogP contribution is -2.14. The molecule has 6 heteroatoms. The Morgan fingerprint density at radius 1 is 1.10 bits per heavy atom. The van der Waals surface area contributed by atoms with Crippen LogP contribution in [0, 0.1) is 0 Å². The van der Waals surface area contributed by atoms with Gasteiger partial charge in [-0.1, -0.05) is 18.2 Å². The average Bonchev–Trinajstić information content (AvgIpc) is 2.47. The van der Waals surface area contributed by atoms with Crippen molar-refractivity contribution in [2.24, 2.45) is 5.73 Å². The minimum atomic E-state index is -3.26. The molecule has 2 rings (SSSR count). The quantitative estimate of drug-likeness (QED) is 0.901. The Bertz CT molecular complexity index is 753. The molecule has 0 fully saturated rings. The number of rotatable bonds is 4. The van der Waals surface area contributed by atoms with Gasteiger partial charge < -0.3 is 11.1 Å². The van der Waals surface area contributed by atoms with E-state index in [1.165, 1.54) is 24.3 Å². The lowest BCUT2D eigenvalue weighted by Gasteiger charge is -2.09. The summed E-state index contributed by atoms with van der Waals surface area (Å²) < 4.78 is 22.7. The van der Waals surface area contributed by atoms with E-state index in [0.29, 0.717) is 17.8 Å². The maximum atomic E-state index is 12.1. The zero-order valence-corrected chi connectivity index (χ0v) is 12.4. The van der Waals surface area contributed by atoms with Gasteiger partial charge in [-0.25, -0.2) is 8.42 Å². The summed E-state index contributed by atoms with van der Waals surface area (Å²) in [7, 11) is -3.26. The summed E-state index contributed by atoms with van der Waals surface area (Å²) in [6.45, 7) is 0.323. The molecule has 3 N–H and O–H groups in total. The zero-order chi connectivity index (χ0) is 15.5. The maximum absolute atomic E-state index is 12.1. The molecular weight excluding hydrogens is 288 g/mol. The molecule has 0 aromatic heterocycles. The van der Waals surface area contributed by atoms with Crippen LogP contribution in [0.4, 0.5) is 5.69 Å². The number of amides is 1. The third-order valence-corrected chi connectivity index (χ3v) is 4.16. The Balaban J connectivity index is 2.21. The number of sulfone groups is 1. The number of hydrogen-bond acceptors (Lipinski definition) is 4. The van der Waals surface area contributed by atoms with Gasteiger partial charge in [0.2, 0.25) is 0 Å². The Hall–Kier alpha value is -2.18. The number of carbonyl (C=O) groups excluding carboxylic acids is 1. The van der Waals surface area contributed by atoms with E-state index in [1.54, 1.807) is 6.07 Å². The first-order valence-corrected chi connectivity index (χ1v) is 8.20. The summed E-state index contributed by atoms with van der Waals surface area (Å²) in [5.74, 6) is -0.309. The van der Waals surface area contributed by atoms with E-state index in [4.69, 9.17) is 5.73 Å². The van der Waals surface area contributed by atoms with E-state index in [9.17, 15) is 13.2 Å². The predicted molar refractivity (Wildman–Crippen MR) is 81.8 cm³/mol. The molecule has 0 saturated heterocycles. The summed E-state index contributed by atoms with van der Waals surface area (Å²) in [6, 6.07) is 13.1. The van der Waals surface area contributed by atoms with Gasteiger partial charge in [0.15, 0.2) is 9.84 Å². The lowest BCUT2D eigenvalue weighted by atomic mass is 10.1. The topological polar surface area (TPSA) is 89.3 Å². The molecule has 0 unspecified atom stereocenters. The van der Waals surface area contributed by atoms with Crippen molar-refractivity contribution in [1.29, 1.82) is 0 Å². The predicted octanol–water partition coefficient (Wildman–Crippen LogP) is 1.80. The molecule has 1 amide bonds. The summed E-state index contributed by atoms with van der Waals surface area (Å²) in [6.07, 6.45) is 1.12. The standard InChI is InChI=1S/C15H16N2O3S/c1-21(19,20)13-8-6-11(7-9-13)15(18)17-14-5-3-2-4-12(14)10-16/h2-9H,10,16H2,1H3,(H,17,18). The van der Waals surface area contributed by atoms with Crippen molar-refractivity contribution in [2.45, 2.75) is 11.4 Å². The molecule has 0 radical (unpaired) electrons. The van der Waals surface area contributed by atoms with Crippen LogP contribution in [0.25, 0.3) is 0 Å². The van der Waals surface area contributed by atoms with E-state index < -0.39 is 9.84 Å². The monoisotopic (exact) mass is 304 g/mol. The summed E-state index contributed by atoms with van der Waals surface area (Å²) >= 11 is 0. The fourth-order valence-electron chi connectivity index (χ4n) is 1.87. The van der Waals surface area contributed by atoms with Gasteiger partial charge >= 0.3 is 0 Å². The molecule has 0 aliphatic carbocycles. The number of carbonyl (C=O) groups is 1. The second-order valence-corrected chi connectivity index (χ2v) is 6.63. The highest BCUT2D eigenvalue weighted by Gasteiger charge is 2.11. The minimum Gasteiger partial charge on any atom is -0.326 e. The number of anilines is 1. The Morgan fingerprint density at radius 2 is 1.71 bits per heavy atom. The van der Waals surface area contributed by atoms with Crippen LogP contribution in [0.3, 0.4) is 0 Å². The number of benzene rings is 2. The third kappa shape index (κ3) is 3.68. The first-order valence-electron chi connectivity index (χ1n) is 6.31. The van der Waals surface area contributed by atoms with Crippen molar-refractivity contribution in [2.75, 3.05) is 11.6 Å². The molecule has 5 nitrogen and oxygen atoms in total. The van der Waals surface area contributed by atoms with Crippen molar-refractivity contribution >= 4 is 21.4 Å². The highest BCUT2D eigenvalue weighted by molar-refractivity contribution is 7.90. The van der Waals surface area contributed by atoms with Crippen LogP contribution in [0.5, 0.6) is 0 Å². The molecule has 0 aliphatic heterocycles. The largest absolute Gasteiger partial charge is 0.326 e. The van der Waals surface area contributed by atoms with E-state index in [0.717, 1.165) is 11.8 Å². The molecule has 0 aliphatic rings. The summed E-state index contributed by atoms with van der Waals surface area (Å²) in [5, 5.41) is 2.77. The second-order valence-electron chi connectivity index (χ2n) is 4.61. The van der Waals surface area contributed by atoms with Crippen LogP contribution in [0.15, 0.2) is 53.4 Å². The Labute approximate surface area is 123 Å². The fourth-order valence-corrected chi connectivity index (χ4v) is 2.50. The third-order valence-electron chi connectivity index (χ3n) is 3.03. The van der Waals surface area contributed by atoms with E-state index in [-0.39, 0.29) is 10.8 Å². The zero-order valence-electron chi connectivity index (χ0n) is 11.5. The van der Waals surface area contributed by atoms with E-state index >= 15 is 0 Å². The molecule has 0 bridgehead atoms. The minimum absolute atomic E-state index is 0.182. The van der Waals surface area contributed by atoms with Crippen molar-refractivity contribution in [3.05, 3.63) is 59.7 Å². The van der Waals surface area contributed by atoms with Gasteiger partial charge in [0.1, 0.15) is 0 Å². The van der Waals surface area contributed by atoms with Crippen molar-refractivity contribution in [3.63, 3.8) is 0 Å². The van der Waals surface area contributed by atoms with E-state index in [1.807, 2.05) is 18.2 Å². The SMILES string of the molecule is CS(=O)(=O)c1ccc(C(=O)Nc2ccccc2CN)cc1. The van der Waals surface area contributed by atoms with Crippen molar-refractivity contribution < 1.29 is 13.2 Å². The van der Waals surface area contributed by atoms with Gasteiger partial charge in [-0.2, -0.15) is 0 Å². The Morgan fingerprint density at radius 3 is 2.29 bits per heavy atom. The van der Waals surface area contributed by atoms with Gasteiger partial charge in [0.25, 0.3) is 5.91 Å². The molecule has 0 atom stereocenters. The van der Waals surface area contributed by atoms with Crippen LogP contribution in [-0.2, 0) is 16.4 Å². The van der Waals surface area contributed by atoms with Gasteiger partial charge in [-0.15, -0.1) is 0 Å². The van der Waals surface area contributed by atoms with Crippen LogP contribution < -0.4 is 11.1 Å². The molecule has 2 aromatic rings. The molecule has 2 aromatic carbocycles. The molecule has 0 spiro atoms. The van der Waals surface area contributed by atoms with Gasteiger partial charge in [-0.3, -0.25) is 4.79 Å². The number of nitrogens with two attached hydrogens (primary N) is 1. The van der Waals surface area contributed by atoms with Crippen LogP contribution in [-0.4, -0.2) is 20.6 Å². The molecule has 0 saturated carbocycles. The molecule has 110 valence electrons. The van der Waals surface area contributed by atoms with Crippen LogP contribution in [0.2, 0.25) is 0 Å². The van der Waals surface area contributed by atoms with Gasteiger partial charge in [0, 0.05) is 24.1 Å². The maximum Gasteiger partial charge on any atom is 0.255 e. The highest BCUT2D eigenvalue weighted by Crippen LogP contribution is 2.16. The summed E-state index contributed by atoms with van der Waals surface area (Å²) in [4.78, 5) is 12.3. The second kappa shape index (κ2) is 6.07. The van der Waals surface area contributed by atoms with Gasteiger partial charge in [-0.05, 0) is 35.9 Å². The first kappa shape index (κ1) is 15.2. The fraction of sp³-hybridized carbons (Fsp3) is 0.133. The lowest BCUT2D eigenvalue weighted by molar-refractivity contribution is 0.102. The number of para-hydroxylation sites is 1. The molecule has 0 heterocycles. The van der Waals surface area contributed by atoms with Crippen molar-refractivity contribution in [1.82, 2.24) is 0 Å². The molecular formula is C15H16N2O3S. The van der Waals surface area contributed by atoms with E-state index in [2.05, 4.69) is 5.32 Å². The number of hydrogen-bond donors (Lipinski definition) is 2. The first-order chi connectivity index (χ1) is 9.91. The highest BCUT2D eigenvalue weighted by atomic mass is 32.2. The Kier molecular flexibility index (Phi) is 4.40. The van der Waals surface area contributed by atoms with Crippen LogP contribution in [0.1, 0.15) is 15.9 Å². The number of nitrogens with one attached hydrogen (secondary N) is 1. The smallest absolute Gasteiger partial charge is 0.255 e. The van der Waals surface area contributed by atoms with Crippen molar-refractivity contribution in [3.8, 4) is 0 Å². The summed E-state index contributed by atoms with van der Waals surface area (Å²) in [5.41, 5.74) is 7.48. The van der Waals surface area contributed by atoms with Crippen LogP contribution >= 0.6 is 0 Å². The molecule has 21 heavy (non-hydrogen) atoms. The normalized spacial score (nSPS) is 11.1.